The number of amides is 1. The van der Waals surface area contributed by atoms with Crippen LogP contribution in [0.5, 0.6) is 5.75 Å². The Labute approximate surface area is 107 Å². The van der Waals surface area contributed by atoms with Gasteiger partial charge in [-0.15, -0.1) is 0 Å². The molecule has 100 valence electrons. The predicted molar refractivity (Wildman–Crippen MR) is 70.8 cm³/mol. The van der Waals surface area contributed by atoms with Gasteiger partial charge in [0, 0.05) is 6.92 Å². The summed E-state index contributed by atoms with van der Waals surface area (Å²) in [4.78, 5) is 11.1. The van der Waals surface area contributed by atoms with E-state index in [4.69, 9.17) is 4.74 Å². The largest absolute Gasteiger partial charge is 0.495 e. The first kappa shape index (κ1) is 14.5. The van der Waals surface area contributed by atoms with Crippen molar-refractivity contribution in [2.75, 3.05) is 25.6 Å². The third-order valence-corrected chi connectivity index (χ3v) is 2.57. The summed E-state index contributed by atoms with van der Waals surface area (Å²) < 4.78 is 5.18. The van der Waals surface area contributed by atoms with Gasteiger partial charge in [-0.2, -0.15) is 0 Å². The van der Waals surface area contributed by atoms with Gasteiger partial charge in [-0.25, -0.2) is 0 Å². The smallest absolute Gasteiger partial charge is 0.221 e. The lowest BCUT2D eigenvalue weighted by Crippen LogP contribution is -2.24. The second-order valence-electron chi connectivity index (χ2n) is 3.93. The number of aliphatic hydroxyl groups excluding tert-OH is 1. The Hall–Kier alpha value is -1.59. The quantitative estimate of drug-likeness (QED) is 0.713. The standard InChI is InChI=1S/C13H20N2O3/c1-4-14-12(8-16)10-5-6-13(18-3)11(7-10)15-9(2)17/h5-7,12,14,16H,4,8H2,1-3H3,(H,15,17). The highest BCUT2D eigenvalue weighted by Gasteiger charge is 2.12. The molecule has 0 fully saturated rings. The molecule has 1 aromatic carbocycles. The number of methoxy groups -OCH3 is 1. The minimum atomic E-state index is -0.158. The molecule has 0 radical (unpaired) electrons. The summed E-state index contributed by atoms with van der Waals surface area (Å²) in [6, 6.07) is 5.31. The minimum Gasteiger partial charge on any atom is -0.495 e. The van der Waals surface area contributed by atoms with E-state index in [9.17, 15) is 9.90 Å². The van der Waals surface area contributed by atoms with E-state index in [0.29, 0.717) is 11.4 Å². The number of anilines is 1. The topological polar surface area (TPSA) is 70.6 Å². The third-order valence-electron chi connectivity index (χ3n) is 2.57. The monoisotopic (exact) mass is 252 g/mol. The van der Waals surface area contributed by atoms with Crippen molar-refractivity contribution in [3.8, 4) is 5.75 Å². The van der Waals surface area contributed by atoms with Gasteiger partial charge in [0.1, 0.15) is 5.75 Å². The number of nitrogens with one attached hydrogen (secondary N) is 2. The molecule has 0 heterocycles. The highest BCUT2D eigenvalue weighted by atomic mass is 16.5. The van der Waals surface area contributed by atoms with E-state index in [2.05, 4.69) is 10.6 Å². The molecule has 1 aromatic rings. The number of carbonyl (C=O) groups excluding carboxylic acids is 1. The zero-order chi connectivity index (χ0) is 13.5. The van der Waals surface area contributed by atoms with Gasteiger partial charge in [0.25, 0.3) is 0 Å². The Morgan fingerprint density at radius 3 is 2.72 bits per heavy atom. The van der Waals surface area contributed by atoms with Gasteiger partial charge in [0.05, 0.1) is 25.4 Å². The average molecular weight is 252 g/mol. The summed E-state index contributed by atoms with van der Waals surface area (Å²) in [6.07, 6.45) is 0. The first-order chi connectivity index (χ1) is 8.62. The molecule has 0 aromatic heterocycles. The molecule has 1 rings (SSSR count). The van der Waals surface area contributed by atoms with Crippen molar-refractivity contribution in [3.05, 3.63) is 23.8 Å². The van der Waals surface area contributed by atoms with Gasteiger partial charge in [-0.05, 0) is 24.2 Å². The normalized spacial score (nSPS) is 12.0. The number of benzene rings is 1. The molecule has 1 unspecified atom stereocenters. The number of ether oxygens (including phenoxy) is 1. The van der Waals surface area contributed by atoms with Gasteiger partial charge in [-0.3, -0.25) is 4.79 Å². The third kappa shape index (κ3) is 3.72. The molecule has 3 N–H and O–H groups in total. The summed E-state index contributed by atoms with van der Waals surface area (Å²) in [7, 11) is 1.55. The number of hydrogen-bond donors (Lipinski definition) is 3. The second kappa shape index (κ2) is 6.98. The maximum atomic E-state index is 11.1. The van der Waals surface area contributed by atoms with E-state index in [-0.39, 0.29) is 18.6 Å². The molecule has 18 heavy (non-hydrogen) atoms. The molecular weight excluding hydrogens is 232 g/mol. The van der Waals surface area contributed by atoms with Crippen molar-refractivity contribution in [2.24, 2.45) is 0 Å². The molecule has 0 saturated heterocycles. The maximum Gasteiger partial charge on any atom is 0.221 e. The number of rotatable bonds is 6. The zero-order valence-electron chi connectivity index (χ0n) is 11.0. The van der Waals surface area contributed by atoms with E-state index >= 15 is 0 Å². The molecule has 0 bridgehead atoms. The first-order valence-electron chi connectivity index (χ1n) is 5.92. The maximum absolute atomic E-state index is 11.1. The lowest BCUT2D eigenvalue weighted by Gasteiger charge is -2.18. The molecule has 0 saturated carbocycles. The Kier molecular flexibility index (Phi) is 5.61. The minimum absolute atomic E-state index is 0.000317. The van der Waals surface area contributed by atoms with Gasteiger partial charge >= 0.3 is 0 Å². The predicted octanol–water partition coefficient (Wildman–Crippen LogP) is 1.30. The van der Waals surface area contributed by atoms with E-state index in [0.717, 1.165) is 12.1 Å². The van der Waals surface area contributed by atoms with Crippen LogP contribution in [-0.4, -0.2) is 31.3 Å². The molecule has 0 aliphatic carbocycles. The highest BCUT2D eigenvalue weighted by Crippen LogP contribution is 2.28. The van der Waals surface area contributed by atoms with Crippen LogP contribution in [0.25, 0.3) is 0 Å². The Bertz CT molecular complexity index is 407. The van der Waals surface area contributed by atoms with Crippen LogP contribution in [0.3, 0.4) is 0 Å². The van der Waals surface area contributed by atoms with E-state index in [1.165, 1.54) is 6.92 Å². The summed E-state index contributed by atoms with van der Waals surface area (Å²) in [5, 5.41) is 15.2. The fourth-order valence-corrected chi connectivity index (χ4v) is 1.76. The fraction of sp³-hybridized carbons (Fsp3) is 0.462. The van der Waals surface area contributed by atoms with E-state index in [1.807, 2.05) is 19.1 Å². The van der Waals surface area contributed by atoms with Crippen LogP contribution in [-0.2, 0) is 4.79 Å². The SMILES string of the molecule is CCNC(CO)c1ccc(OC)c(NC(C)=O)c1. The molecule has 1 amide bonds. The number of carbonyl (C=O) groups is 1. The molecule has 1 atom stereocenters. The van der Waals surface area contributed by atoms with Crippen molar-refractivity contribution in [1.29, 1.82) is 0 Å². The highest BCUT2D eigenvalue weighted by molar-refractivity contribution is 5.90. The van der Waals surface area contributed by atoms with Crippen molar-refractivity contribution in [2.45, 2.75) is 19.9 Å². The Balaban J connectivity index is 3.03. The lowest BCUT2D eigenvalue weighted by molar-refractivity contribution is -0.114. The second-order valence-corrected chi connectivity index (χ2v) is 3.93. The lowest BCUT2D eigenvalue weighted by atomic mass is 10.1. The summed E-state index contributed by atoms with van der Waals surface area (Å²) >= 11 is 0. The van der Waals surface area contributed by atoms with Crippen LogP contribution in [0.1, 0.15) is 25.5 Å². The van der Waals surface area contributed by atoms with Crippen molar-refractivity contribution >= 4 is 11.6 Å². The Morgan fingerprint density at radius 2 is 2.22 bits per heavy atom. The summed E-state index contributed by atoms with van der Waals surface area (Å²) in [5.74, 6) is 0.441. The van der Waals surface area contributed by atoms with Crippen molar-refractivity contribution in [1.82, 2.24) is 5.32 Å². The molecule has 0 aliphatic heterocycles. The van der Waals surface area contributed by atoms with E-state index < -0.39 is 0 Å². The van der Waals surface area contributed by atoms with E-state index in [1.54, 1.807) is 13.2 Å². The molecular formula is C13H20N2O3. The molecule has 5 heteroatoms. The van der Waals surface area contributed by atoms with Crippen LogP contribution in [0.4, 0.5) is 5.69 Å². The Morgan fingerprint density at radius 1 is 1.50 bits per heavy atom. The zero-order valence-corrected chi connectivity index (χ0v) is 11.0. The van der Waals surface area contributed by atoms with Gasteiger partial charge in [-0.1, -0.05) is 13.0 Å². The van der Waals surface area contributed by atoms with Crippen molar-refractivity contribution < 1.29 is 14.6 Å². The molecule has 0 spiro atoms. The van der Waals surface area contributed by atoms with Crippen LogP contribution in [0.2, 0.25) is 0 Å². The van der Waals surface area contributed by atoms with Gasteiger partial charge in [0.15, 0.2) is 0 Å². The van der Waals surface area contributed by atoms with Crippen LogP contribution >= 0.6 is 0 Å². The van der Waals surface area contributed by atoms with Crippen LogP contribution in [0.15, 0.2) is 18.2 Å². The van der Waals surface area contributed by atoms with Gasteiger partial charge in [0.2, 0.25) is 5.91 Å². The number of hydrogen-bond acceptors (Lipinski definition) is 4. The average Bonchev–Trinajstić information content (AvgIpc) is 2.35. The summed E-state index contributed by atoms with van der Waals surface area (Å²) in [5.41, 5.74) is 1.52. The van der Waals surface area contributed by atoms with Crippen molar-refractivity contribution in [3.63, 3.8) is 0 Å². The number of aliphatic hydroxyl groups is 1. The number of likely N-dealkylation sites (N-methyl/N-ethyl adjacent to an activating group) is 1. The van der Waals surface area contributed by atoms with Gasteiger partial charge < -0.3 is 20.5 Å². The molecule has 5 nitrogen and oxygen atoms in total. The molecule has 0 aliphatic rings. The fourth-order valence-electron chi connectivity index (χ4n) is 1.76. The first-order valence-corrected chi connectivity index (χ1v) is 5.92. The summed E-state index contributed by atoms with van der Waals surface area (Å²) in [6.45, 7) is 4.17. The van der Waals surface area contributed by atoms with Crippen LogP contribution in [0, 0.1) is 0 Å². The van der Waals surface area contributed by atoms with Crippen LogP contribution < -0.4 is 15.4 Å².